The summed E-state index contributed by atoms with van der Waals surface area (Å²) in [4.78, 5) is 11.7. The second kappa shape index (κ2) is 4.97. The largest absolute Gasteiger partial charge is 0.378 e. The van der Waals surface area contributed by atoms with Gasteiger partial charge in [0.05, 0.1) is 13.2 Å². The molecule has 0 saturated carbocycles. The molecule has 90 valence electrons. The van der Waals surface area contributed by atoms with Crippen LogP contribution in [0.1, 0.15) is 32.1 Å². The fourth-order valence-corrected chi connectivity index (χ4v) is 2.20. The molecule has 2 rings (SSSR count). The lowest BCUT2D eigenvalue weighted by molar-refractivity contribution is -0.139. The van der Waals surface area contributed by atoms with Gasteiger partial charge in [-0.05, 0) is 25.7 Å². The summed E-state index contributed by atoms with van der Waals surface area (Å²) in [5.41, 5.74) is 0.138. The molecular weight excluding hydrogens is 206 g/mol. The Morgan fingerprint density at radius 2 is 2.50 bits per heavy atom. The normalized spacial score (nSPS) is 29.2. The Balaban J connectivity index is 1.71. The van der Waals surface area contributed by atoms with Crippen molar-refractivity contribution in [2.24, 2.45) is 0 Å². The van der Waals surface area contributed by atoms with E-state index in [1.807, 2.05) is 0 Å². The highest BCUT2D eigenvalue weighted by atomic mass is 16.5. The maximum absolute atomic E-state index is 11.7. The molecule has 0 aromatic carbocycles. The molecule has 0 aromatic rings. The Hall–Kier alpha value is -0.870. The molecule has 0 spiro atoms. The Bertz CT molecular complexity index is 293. The van der Waals surface area contributed by atoms with E-state index in [4.69, 9.17) is 4.74 Å². The first-order valence-corrected chi connectivity index (χ1v) is 5.97. The van der Waals surface area contributed by atoms with E-state index in [2.05, 4.69) is 11.4 Å². The minimum Gasteiger partial charge on any atom is -0.378 e. The van der Waals surface area contributed by atoms with Gasteiger partial charge in [-0.3, -0.25) is 4.79 Å². The summed E-state index contributed by atoms with van der Waals surface area (Å²) >= 11 is 0. The topological polar surface area (TPSA) is 58.6 Å². The Labute approximate surface area is 95.7 Å². The molecule has 1 aliphatic heterocycles. The number of carbonyl (C=O) groups is 1. The second-order valence-electron chi connectivity index (χ2n) is 4.59. The number of hydrogen-bond donors (Lipinski definition) is 2. The zero-order chi connectivity index (χ0) is 11.4. The van der Waals surface area contributed by atoms with E-state index in [1.165, 1.54) is 18.4 Å². The van der Waals surface area contributed by atoms with Crippen LogP contribution in [-0.2, 0) is 9.53 Å². The summed E-state index contributed by atoms with van der Waals surface area (Å²) in [5.74, 6) is -0.288. The monoisotopic (exact) mass is 225 g/mol. The van der Waals surface area contributed by atoms with Gasteiger partial charge in [0.2, 0.25) is 0 Å². The van der Waals surface area contributed by atoms with Gasteiger partial charge in [-0.25, -0.2) is 0 Å². The first-order chi connectivity index (χ1) is 7.71. The molecule has 16 heavy (non-hydrogen) atoms. The third kappa shape index (κ3) is 2.62. The summed E-state index contributed by atoms with van der Waals surface area (Å²) in [6, 6.07) is 0. The molecule has 1 fully saturated rings. The van der Waals surface area contributed by atoms with Gasteiger partial charge < -0.3 is 15.2 Å². The predicted molar refractivity (Wildman–Crippen MR) is 59.9 cm³/mol. The molecule has 2 N–H and O–H groups in total. The van der Waals surface area contributed by atoms with Crippen molar-refractivity contribution in [2.45, 2.75) is 37.7 Å². The van der Waals surface area contributed by atoms with Gasteiger partial charge in [-0.2, -0.15) is 0 Å². The van der Waals surface area contributed by atoms with Crippen molar-refractivity contribution < 1.29 is 14.6 Å². The van der Waals surface area contributed by atoms with Crippen LogP contribution in [0.2, 0.25) is 0 Å². The van der Waals surface area contributed by atoms with Gasteiger partial charge in [0, 0.05) is 13.0 Å². The molecule has 1 aliphatic carbocycles. The summed E-state index contributed by atoms with van der Waals surface area (Å²) in [5, 5.41) is 12.7. The number of aliphatic hydroxyl groups is 1. The van der Waals surface area contributed by atoms with Crippen LogP contribution in [-0.4, -0.2) is 36.4 Å². The highest BCUT2D eigenvalue weighted by Crippen LogP contribution is 2.21. The standard InChI is InChI=1S/C12H19NO3/c14-11(12(15)6-8-16-9-12)13-7-5-10-3-1-2-4-10/h3,15H,1-2,4-9H2,(H,13,14). The lowest BCUT2D eigenvalue weighted by atomic mass is 10.0. The fraction of sp³-hybridized carbons (Fsp3) is 0.750. The maximum atomic E-state index is 11.7. The van der Waals surface area contributed by atoms with Crippen LogP contribution in [0.3, 0.4) is 0 Å². The molecule has 4 nitrogen and oxygen atoms in total. The number of hydrogen-bond acceptors (Lipinski definition) is 3. The van der Waals surface area contributed by atoms with Gasteiger partial charge >= 0.3 is 0 Å². The maximum Gasteiger partial charge on any atom is 0.254 e. The first-order valence-electron chi connectivity index (χ1n) is 5.97. The van der Waals surface area contributed by atoms with E-state index in [9.17, 15) is 9.90 Å². The van der Waals surface area contributed by atoms with Crippen molar-refractivity contribution in [3.63, 3.8) is 0 Å². The zero-order valence-corrected chi connectivity index (χ0v) is 9.50. The number of ether oxygens (including phenoxy) is 1. The molecule has 1 heterocycles. The van der Waals surface area contributed by atoms with Crippen molar-refractivity contribution >= 4 is 5.91 Å². The molecule has 1 unspecified atom stereocenters. The van der Waals surface area contributed by atoms with Crippen LogP contribution < -0.4 is 5.32 Å². The van der Waals surface area contributed by atoms with E-state index in [-0.39, 0.29) is 12.5 Å². The van der Waals surface area contributed by atoms with Crippen LogP contribution in [0.5, 0.6) is 0 Å². The Kier molecular flexibility index (Phi) is 3.61. The molecule has 1 atom stereocenters. The highest BCUT2D eigenvalue weighted by molar-refractivity contribution is 5.85. The number of nitrogens with one attached hydrogen (secondary N) is 1. The summed E-state index contributed by atoms with van der Waals surface area (Å²) in [6.07, 6.45) is 7.12. The van der Waals surface area contributed by atoms with E-state index >= 15 is 0 Å². The highest BCUT2D eigenvalue weighted by Gasteiger charge is 2.39. The smallest absolute Gasteiger partial charge is 0.254 e. The average Bonchev–Trinajstić information content (AvgIpc) is 2.90. The average molecular weight is 225 g/mol. The van der Waals surface area contributed by atoms with Crippen LogP contribution in [0.25, 0.3) is 0 Å². The summed E-state index contributed by atoms with van der Waals surface area (Å²) in [6.45, 7) is 1.21. The number of carbonyl (C=O) groups excluding carboxylic acids is 1. The van der Waals surface area contributed by atoms with Crippen LogP contribution >= 0.6 is 0 Å². The van der Waals surface area contributed by atoms with Gasteiger partial charge in [0.25, 0.3) is 5.91 Å². The van der Waals surface area contributed by atoms with Crippen molar-refractivity contribution in [1.82, 2.24) is 5.32 Å². The number of allylic oxidation sites excluding steroid dienone is 1. The molecule has 1 saturated heterocycles. The SMILES string of the molecule is O=C(NCCC1=CCCC1)C1(O)CCOC1. The minimum atomic E-state index is -1.29. The van der Waals surface area contributed by atoms with E-state index in [0.29, 0.717) is 19.6 Å². The zero-order valence-electron chi connectivity index (χ0n) is 9.50. The Morgan fingerprint density at radius 3 is 3.12 bits per heavy atom. The van der Waals surface area contributed by atoms with Crippen LogP contribution in [0.4, 0.5) is 0 Å². The molecule has 0 aromatic heterocycles. The third-order valence-electron chi connectivity index (χ3n) is 3.29. The molecule has 4 heteroatoms. The summed E-state index contributed by atoms with van der Waals surface area (Å²) < 4.78 is 5.04. The van der Waals surface area contributed by atoms with Crippen molar-refractivity contribution in [2.75, 3.05) is 19.8 Å². The van der Waals surface area contributed by atoms with E-state index in [0.717, 1.165) is 12.8 Å². The van der Waals surface area contributed by atoms with Gasteiger partial charge in [-0.15, -0.1) is 0 Å². The fourth-order valence-electron chi connectivity index (χ4n) is 2.20. The predicted octanol–water partition coefficient (Wildman–Crippen LogP) is 0.754. The minimum absolute atomic E-state index is 0.127. The Morgan fingerprint density at radius 1 is 1.62 bits per heavy atom. The van der Waals surface area contributed by atoms with Crippen molar-refractivity contribution in [1.29, 1.82) is 0 Å². The van der Waals surface area contributed by atoms with E-state index < -0.39 is 5.60 Å². The molecule has 0 radical (unpaired) electrons. The summed E-state index contributed by atoms with van der Waals surface area (Å²) in [7, 11) is 0. The first kappa shape index (κ1) is 11.6. The second-order valence-corrected chi connectivity index (χ2v) is 4.59. The van der Waals surface area contributed by atoms with Gasteiger partial charge in [0.15, 0.2) is 5.60 Å². The van der Waals surface area contributed by atoms with Crippen LogP contribution in [0, 0.1) is 0 Å². The molecule has 0 bridgehead atoms. The molecule has 2 aliphatic rings. The molecular formula is C12H19NO3. The lowest BCUT2D eigenvalue weighted by Gasteiger charge is -2.19. The van der Waals surface area contributed by atoms with Crippen molar-refractivity contribution in [3.05, 3.63) is 11.6 Å². The van der Waals surface area contributed by atoms with Crippen molar-refractivity contribution in [3.8, 4) is 0 Å². The number of rotatable bonds is 4. The third-order valence-corrected chi connectivity index (χ3v) is 3.29. The molecule has 1 amide bonds. The van der Waals surface area contributed by atoms with Gasteiger partial charge in [0.1, 0.15) is 0 Å². The number of amides is 1. The lowest BCUT2D eigenvalue weighted by Crippen LogP contribution is -2.47. The van der Waals surface area contributed by atoms with Crippen LogP contribution in [0.15, 0.2) is 11.6 Å². The van der Waals surface area contributed by atoms with Gasteiger partial charge in [-0.1, -0.05) is 11.6 Å². The van der Waals surface area contributed by atoms with E-state index in [1.54, 1.807) is 0 Å². The quantitative estimate of drug-likeness (QED) is 0.694.